The number of carbonyl (C=O) groups excluding carboxylic acids is 1. The number of furan rings is 1. The maximum atomic E-state index is 12.8. The number of piperidine rings is 1. The number of carbonyl (C=O) groups is 2. The van der Waals surface area contributed by atoms with Crippen LogP contribution >= 0.6 is 0 Å². The zero-order chi connectivity index (χ0) is 18.2. The normalized spacial score (nSPS) is 25.2. The summed E-state index contributed by atoms with van der Waals surface area (Å²) in [5.74, 6) is -1.53. The molecule has 1 aromatic heterocycles. The molecule has 1 N–H and O–H groups in total. The molecule has 2 fully saturated rings. The zero-order valence-corrected chi connectivity index (χ0v) is 14.9. The Bertz CT molecular complexity index is 771. The van der Waals surface area contributed by atoms with Gasteiger partial charge in [0.1, 0.15) is 6.04 Å². The average Bonchev–Trinajstić information content (AvgIpc) is 3.24. The molecule has 25 heavy (non-hydrogen) atoms. The largest absolute Gasteiger partial charge is 0.475 e. The van der Waals surface area contributed by atoms with E-state index >= 15 is 0 Å². The van der Waals surface area contributed by atoms with Gasteiger partial charge in [0.05, 0.1) is 0 Å². The molecule has 1 amide bonds. The predicted molar refractivity (Wildman–Crippen MR) is 87.6 cm³/mol. The second-order valence-electron chi connectivity index (χ2n) is 6.73. The minimum atomic E-state index is -4.04. The fourth-order valence-corrected chi connectivity index (χ4v) is 5.13. The summed E-state index contributed by atoms with van der Waals surface area (Å²) in [6.45, 7) is 3.61. The van der Waals surface area contributed by atoms with Gasteiger partial charge >= 0.3 is 5.97 Å². The van der Waals surface area contributed by atoms with Crippen LogP contribution in [0.2, 0.25) is 0 Å². The van der Waals surface area contributed by atoms with E-state index in [9.17, 15) is 18.0 Å². The van der Waals surface area contributed by atoms with Gasteiger partial charge < -0.3 is 14.4 Å². The third-order valence-electron chi connectivity index (χ3n) is 4.81. The smallest absolute Gasteiger partial charge is 0.371 e. The van der Waals surface area contributed by atoms with Gasteiger partial charge in [-0.3, -0.25) is 4.79 Å². The van der Waals surface area contributed by atoms with Crippen LogP contribution in [0.4, 0.5) is 0 Å². The van der Waals surface area contributed by atoms with Gasteiger partial charge in [-0.05, 0) is 43.7 Å². The highest BCUT2D eigenvalue weighted by atomic mass is 32.2. The van der Waals surface area contributed by atoms with Gasteiger partial charge in [-0.15, -0.1) is 0 Å². The fourth-order valence-electron chi connectivity index (χ4n) is 3.56. The second-order valence-corrected chi connectivity index (χ2v) is 8.55. The number of amides is 1. The Labute approximate surface area is 146 Å². The van der Waals surface area contributed by atoms with Crippen LogP contribution in [0.25, 0.3) is 0 Å². The van der Waals surface area contributed by atoms with Crippen LogP contribution in [0.1, 0.15) is 43.2 Å². The van der Waals surface area contributed by atoms with Crippen molar-refractivity contribution in [3.05, 3.63) is 17.9 Å². The van der Waals surface area contributed by atoms with E-state index in [0.717, 1.165) is 29.3 Å². The van der Waals surface area contributed by atoms with Gasteiger partial charge in [0.25, 0.3) is 10.0 Å². The van der Waals surface area contributed by atoms with E-state index in [-0.39, 0.29) is 12.5 Å². The van der Waals surface area contributed by atoms with Gasteiger partial charge in [0.15, 0.2) is 0 Å². The molecule has 2 aliphatic rings. The molecule has 138 valence electrons. The number of rotatable bonds is 4. The molecule has 1 aromatic rings. The first kappa shape index (κ1) is 17.9. The van der Waals surface area contributed by atoms with Crippen molar-refractivity contribution >= 4 is 21.9 Å². The van der Waals surface area contributed by atoms with E-state index in [0.29, 0.717) is 31.8 Å². The van der Waals surface area contributed by atoms with Crippen LogP contribution in [-0.2, 0) is 14.8 Å². The number of carboxylic acid groups (broad SMARTS) is 1. The number of carboxylic acids is 1. The van der Waals surface area contributed by atoms with Gasteiger partial charge in [0, 0.05) is 19.6 Å². The molecule has 9 heteroatoms. The van der Waals surface area contributed by atoms with Crippen LogP contribution in [0.15, 0.2) is 21.6 Å². The number of hydrogen-bond donors (Lipinski definition) is 1. The van der Waals surface area contributed by atoms with E-state index in [1.807, 2.05) is 0 Å². The van der Waals surface area contributed by atoms with Crippen LogP contribution in [-0.4, -0.2) is 60.3 Å². The van der Waals surface area contributed by atoms with Crippen LogP contribution in [0, 0.1) is 5.92 Å². The van der Waals surface area contributed by atoms with E-state index in [2.05, 4.69) is 6.92 Å². The molecule has 0 aliphatic carbocycles. The third kappa shape index (κ3) is 3.43. The molecular weight excluding hydrogens is 348 g/mol. The molecule has 2 unspecified atom stereocenters. The Morgan fingerprint density at radius 2 is 1.92 bits per heavy atom. The number of nitrogens with zero attached hydrogens (tertiary/aromatic N) is 2. The third-order valence-corrected chi connectivity index (χ3v) is 6.59. The number of sulfonamides is 1. The fraction of sp³-hybridized carbons (Fsp3) is 0.625. The Balaban J connectivity index is 1.82. The van der Waals surface area contributed by atoms with E-state index in [4.69, 9.17) is 9.52 Å². The summed E-state index contributed by atoms with van der Waals surface area (Å²) in [6, 6.07) is 1.49. The van der Waals surface area contributed by atoms with Crippen molar-refractivity contribution in [1.29, 1.82) is 0 Å². The number of likely N-dealkylation sites (tertiary alicyclic amines) is 1. The molecule has 0 spiro atoms. The Morgan fingerprint density at radius 1 is 1.20 bits per heavy atom. The standard InChI is InChI=1S/C16H22N2O6S/c1-11-4-2-8-17(10-11)15(19)12-5-3-9-18(12)25(22,23)14-7-6-13(24-14)16(20)21/h6-7,11-12H,2-5,8-10H2,1H3,(H,20,21). The van der Waals surface area contributed by atoms with Crippen LogP contribution in [0.3, 0.4) is 0 Å². The Morgan fingerprint density at radius 3 is 2.56 bits per heavy atom. The summed E-state index contributed by atoms with van der Waals surface area (Å²) < 4.78 is 31.7. The topological polar surface area (TPSA) is 108 Å². The highest BCUT2D eigenvalue weighted by Crippen LogP contribution is 2.29. The summed E-state index contributed by atoms with van der Waals surface area (Å²) in [5, 5.41) is 8.47. The summed E-state index contributed by atoms with van der Waals surface area (Å²) in [6.07, 6.45) is 3.05. The van der Waals surface area contributed by atoms with E-state index < -0.39 is 32.9 Å². The lowest BCUT2D eigenvalue weighted by Gasteiger charge is -2.34. The molecule has 0 bridgehead atoms. The van der Waals surface area contributed by atoms with Crippen molar-refractivity contribution in [1.82, 2.24) is 9.21 Å². The first-order valence-corrected chi connectivity index (χ1v) is 9.88. The summed E-state index contributed by atoms with van der Waals surface area (Å²) in [7, 11) is -4.04. The quantitative estimate of drug-likeness (QED) is 0.858. The SMILES string of the molecule is CC1CCCN(C(=O)C2CCCN2S(=O)(=O)c2ccc(C(=O)O)o2)C1. The summed E-state index contributed by atoms with van der Waals surface area (Å²) in [5.41, 5.74) is 0. The first-order valence-electron chi connectivity index (χ1n) is 8.44. The minimum Gasteiger partial charge on any atom is -0.475 e. The number of hydrogen-bond acceptors (Lipinski definition) is 5. The van der Waals surface area contributed by atoms with Crippen LogP contribution < -0.4 is 0 Å². The second kappa shape index (κ2) is 6.80. The van der Waals surface area contributed by atoms with Crippen molar-refractivity contribution in [2.75, 3.05) is 19.6 Å². The highest BCUT2D eigenvalue weighted by molar-refractivity contribution is 7.89. The lowest BCUT2D eigenvalue weighted by molar-refractivity contribution is -0.136. The molecular formula is C16H22N2O6S. The monoisotopic (exact) mass is 370 g/mol. The zero-order valence-electron chi connectivity index (χ0n) is 14.1. The van der Waals surface area contributed by atoms with Gasteiger partial charge in [-0.1, -0.05) is 6.92 Å². The highest BCUT2D eigenvalue weighted by Gasteiger charge is 2.43. The van der Waals surface area contributed by atoms with Gasteiger partial charge in [0.2, 0.25) is 16.8 Å². The van der Waals surface area contributed by atoms with Crippen molar-refractivity contribution in [2.24, 2.45) is 5.92 Å². The predicted octanol–water partition coefficient (Wildman–Crippen LogP) is 1.39. The number of aromatic carboxylic acids is 1. The Kier molecular flexibility index (Phi) is 4.88. The van der Waals surface area contributed by atoms with Crippen molar-refractivity contribution < 1.29 is 27.5 Å². The molecule has 2 atom stereocenters. The molecule has 8 nitrogen and oxygen atoms in total. The molecule has 3 rings (SSSR count). The average molecular weight is 370 g/mol. The maximum absolute atomic E-state index is 12.8. The summed E-state index contributed by atoms with van der Waals surface area (Å²) in [4.78, 5) is 25.5. The Hall–Kier alpha value is -1.87. The summed E-state index contributed by atoms with van der Waals surface area (Å²) >= 11 is 0. The molecule has 3 heterocycles. The molecule has 2 saturated heterocycles. The maximum Gasteiger partial charge on any atom is 0.371 e. The molecule has 0 saturated carbocycles. The van der Waals surface area contributed by atoms with E-state index in [1.54, 1.807) is 4.90 Å². The van der Waals surface area contributed by atoms with Gasteiger partial charge in [-0.2, -0.15) is 4.31 Å². The van der Waals surface area contributed by atoms with Crippen molar-refractivity contribution in [2.45, 2.75) is 43.7 Å². The van der Waals surface area contributed by atoms with Crippen molar-refractivity contribution in [3.63, 3.8) is 0 Å². The van der Waals surface area contributed by atoms with Crippen LogP contribution in [0.5, 0.6) is 0 Å². The first-order chi connectivity index (χ1) is 11.8. The molecule has 0 aromatic carbocycles. The molecule has 0 radical (unpaired) electrons. The van der Waals surface area contributed by atoms with Gasteiger partial charge in [-0.25, -0.2) is 13.2 Å². The lowest BCUT2D eigenvalue weighted by Crippen LogP contribution is -2.50. The lowest BCUT2D eigenvalue weighted by atomic mass is 9.99. The van der Waals surface area contributed by atoms with E-state index in [1.165, 1.54) is 0 Å². The minimum absolute atomic E-state index is 0.169. The van der Waals surface area contributed by atoms with Crippen molar-refractivity contribution in [3.8, 4) is 0 Å². The molecule has 2 aliphatic heterocycles.